The SMILES string of the molecule is CS(=O)(=O)c1nc2cc(Cl)c(Cl)cc2n1C1CCCC1. The molecule has 0 saturated heterocycles. The van der Waals surface area contributed by atoms with Crippen molar-refractivity contribution in [3.8, 4) is 0 Å². The van der Waals surface area contributed by atoms with Crippen molar-refractivity contribution in [3.05, 3.63) is 22.2 Å². The molecule has 2 aromatic rings. The van der Waals surface area contributed by atoms with Gasteiger partial charge in [0.1, 0.15) is 0 Å². The number of hydrogen-bond donors (Lipinski definition) is 0. The maximum absolute atomic E-state index is 12.0. The van der Waals surface area contributed by atoms with Gasteiger partial charge in [-0.2, -0.15) is 0 Å². The van der Waals surface area contributed by atoms with Gasteiger partial charge in [-0.15, -0.1) is 0 Å². The summed E-state index contributed by atoms with van der Waals surface area (Å²) in [5.41, 5.74) is 1.32. The van der Waals surface area contributed by atoms with E-state index in [4.69, 9.17) is 23.2 Å². The first-order chi connectivity index (χ1) is 9.38. The van der Waals surface area contributed by atoms with Crippen LogP contribution in [0.2, 0.25) is 10.0 Å². The van der Waals surface area contributed by atoms with Crippen LogP contribution in [0.5, 0.6) is 0 Å². The monoisotopic (exact) mass is 332 g/mol. The summed E-state index contributed by atoms with van der Waals surface area (Å²) in [6.45, 7) is 0. The first-order valence-corrected chi connectivity index (χ1v) is 9.09. The highest BCUT2D eigenvalue weighted by molar-refractivity contribution is 7.90. The minimum Gasteiger partial charge on any atom is -0.312 e. The summed E-state index contributed by atoms with van der Waals surface area (Å²) in [5, 5.41) is 0.909. The Balaban J connectivity index is 2.34. The summed E-state index contributed by atoms with van der Waals surface area (Å²) in [4.78, 5) is 4.26. The molecule has 20 heavy (non-hydrogen) atoms. The van der Waals surface area contributed by atoms with Crippen molar-refractivity contribution in [2.24, 2.45) is 0 Å². The van der Waals surface area contributed by atoms with E-state index >= 15 is 0 Å². The average molecular weight is 333 g/mol. The molecule has 0 radical (unpaired) electrons. The van der Waals surface area contributed by atoms with Gasteiger partial charge in [0.25, 0.3) is 0 Å². The second-order valence-corrected chi connectivity index (χ2v) is 7.95. The number of rotatable bonds is 2. The fourth-order valence-corrected chi connectivity index (χ4v) is 4.03. The largest absolute Gasteiger partial charge is 0.312 e. The maximum atomic E-state index is 12.0. The molecule has 1 fully saturated rings. The molecule has 108 valence electrons. The minimum absolute atomic E-state index is 0.109. The molecule has 1 aromatic heterocycles. The summed E-state index contributed by atoms with van der Waals surface area (Å²) >= 11 is 12.1. The average Bonchev–Trinajstić information content (AvgIpc) is 2.95. The van der Waals surface area contributed by atoms with E-state index in [1.807, 2.05) is 4.57 Å². The van der Waals surface area contributed by atoms with Gasteiger partial charge in [0, 0.05) is 12.3 Å². The number of imidazole rings is 1. The molecule has 1 aliphatic carbocycles. The zero-order chi connectivity index (χ0) is 14.5. The molecule has 0 spiro atoms. The van der Waals surface area contributed by atoms with Crippen LogP contribution in [0.1, 0.15) is 31.7 Å². The predicted molar refractivity (Wildman–Crippen MR) is 80.4 cm³/mol. The second-order valence-electron chi connectivity index (χ2n) is 5.23. The topological polar surface area (TPSA) is 52.0 Å². The Bertz CT molecular complexity index is 777. The summed E-state index contributed by atoms with van der Waals surface area (Å²) in [5.74, 6) is 0. The van der Waals surface area contributed by atoms with Gasteiger partial charge in [-0.25, -0.2) is 13.4 Å². The van der Waals surface area contributed by atoms with E-state index in [1.165, 1.54) is 6.26 Å². The van der Waals surface area contributed by atoms with Crippen LogP contribution in [0.15, 0.2) is 17.3 Å². The van der Waals surface area contributed by atoms with Crippen LogP contribution >= 0.6 is 23.2 Å². The number of hydrogen-bond acceptors (Lipinski definition) is 3. The molecule has 4 nitrogen and oxygen atoms in total. The lowest BCUT2D eigenvalue weighted by atomic mass is 10.2. The maximum Gasteiger partial charge on any atom is 0.228 e. The van der Waals surface area contributed by atoms with Crippen LogP contribution in [0.3, 0.4) is 0 Å². The Hall–Kier alpha value is -0.780. The zero-order valence-electron chi connectivity index (χ0n) is 10.9. The molecule has 1 aromatic carbocycles. The predicted octanol–water partition coefficient (Wildman–Crippen LogP) is 3.86. The van der Waals surface area contributed by atoms with Crippen molar-refractivity contribution in [2.75, 3.05) is 6.26 Å². The molecule has 0 unspecified atom stereocenters. The molecule has 0 bridgehead atoms. The third kappa shape index (κ3) is 2.32. The Morgan fingerprint density at radius 2 is 1.80 bits per heavy atom. The van der Waals surface area contributed by atoms with E-state index in [0.717, 1.165) is 31.2 Å². The van der Waals surface area contributed by atoms with Crippen LogP contribution in [0.25, 0.3) is 11.0 Å². The molecule has 3 rings (SSSR count). The van der Waals surface area contributed by atoms with E-state index in [0.29, 0.717) is 15.6 Å². The molecular weight excluding hydrogens is 319 g/mol. The molecule has 0 N–H and O–H groups in total. The first kappa shape index (κ1) is 14.2. The van der Waals surface area contributed by atoms with Crippen LogP contribution in [0.4, 0.5) is 0 Å². The van der Waals surface area contributed by atoms with Crippen molar-refractivity contribution < 1.29 is 8.42 Å². The third-order valence-electron chi connectivity index (χ3n) is 3.72. The van der Waals surface area contributed by atoms with Gasteiger partial charge in [-0.3, -0.25) is 0 Å². The van der Waals surface area contributed by atoms with Crippen LogP contribution in [-0.2, 0) is 9.84 Å². The summed E-state index contributed by atoms with van der Waals surface area (Å²) in [6, 6.07) is 3.50. The number of halogens is 2. The lowest BCUT2D eigenvalue weighted by Crippen LogP contribution is -2.13. The quantitative estimate of drug-likeness (QED) is 0.838. The second kappa shape index (κ2) is 4.90. The molecule has 0 atom stereocenters. The van der Waals surface area contributed by atoms with E-state index in [-0.39, 0.29) is 11.2 Å². The Kier molecular flexibility index (Phi) is 3.47. The molecule has 0 aliphatic heterocycles. The van der Waals surface area contributed by atoms with Gasteiger partial charge in [-0.05, 0) is 25.0 Å². The van der Waals surface area contributed by atoms with Crippen LogP contribution in [0, 0.1) is 0 Å². The Labute approximate surface area is 127 Å². The first-order valence-electron chi connectivity index (χ1n) is 6.45. The van der Waals surface area contributed by atoms with E-state index in [9.17, 15) is 8.42 Å². The van der Waals surface area contributed by atoms with E-state index in [2.05, 4.69) is 4.98 Å². The van der Waals surface area contributed by atoms with Crippen LogP contribution < -0.4 is 0 Å². The number of nitrogens with zero attached hydrogens (tertiary/aromatic N) is 2. The van der Waals surface area contributed by atoms with Crippen molar-refractivity contribution in [1.82, 2.24) is 9.55 Å². The smallest absolute Gasteiger partial charge is 0.228 e. The number of aromatic nitrogens is 2. The fourth-order valence-electron chi connectivity index (χ4n) is 2.85. The van der Waals surface area contributed by atoms with Crippen molar-refractivity contribution >= 4 is 44.1 Å². The normalized spacial score (nSPS) is 17.1. The Morgan fingerprint density at radius 3 is 2.40 bits per heavy atom. The van der Waals surface area contributed by atoms with Gasteiger partial charge in [-0.1, -0.05) is 36.0 Å². The number of sulfone groups is 1. The summed E-state index contributed by atoms with van der Waals surface area (Å²) < 4.78 is 25.8. The number of fused-ring (bicyclic) bond motifs is 1. The Morgan fingerprint density at radius 1 is 1.20 bits per heavy atom. The molecular formula is C13H14Cl2N2O2S. The molecule has 0 amide bonds. The number of benzene rings is 1. The zero-order valence-corrected chi connectivity index (χ0v) is 13.3. The highest BCUT2D eigenvalue weighted by Gasteiger charge is 2.27. The van der Waals surface area contributed by atoms with Crippen molar-refractivity contribution in [2.45, 2.75) is 36.9 Å². The van der Waals surface area contributed by atoms with E-state index < -0.39 is 9.84 Å². The van der Waals surface area contributed by atoms with Gasteiger partial charge >= 0.3 is 0 Å². The van der Waals surface area contributed by atoms with Gasteiger partial charge < -0.3 is 4.57 Å². The molecule has 1 heterocycles. The van der Waals surface area contributed by atoms with Crippen molar-refractivity contribution in [3.63, 3.8) is 0 Å². The van der Waals surface area contributed by atoms with Crippen molar-refractivity contribution in [1.29, 1.82) is 0 Å². The van der Waals surface area contributed by atoms with Gasteiger partial charge in [0.15, 0.2) is 0 Å². The van der Waals surface area contributed by atoms with Gasteiger partial charge in [0.05, 0.1) is 21.1 Å². The lowest BCUT2D eigenvalue weighted by Gasteiger charge is -2.15. The summed E-state index contributed by atoms with van der Waals surface area (Å²) in [6.07, 6.45) is 5.33. The van der Waals surface area contributed by atoms with Gasteiger partial charge in [0.2, 0.25) is 15.0 Å². The van der Waals surface area contributed by atoms with Crippen LogP contribution in [-0.4, -0.2) is 24.2 Å². The van der Waals surface area contributed by atoms with E-state index in [1.54, 1.807) is 12.1 Å². The standard InChI is InChI=1S/C13H14Cl2N2O2S/c1-20(18,19)13-16-11-6-9(14)10(15)7-12(11)17(13)8-4-2-3-5-8/h6-8H,2-5H2,1H3. The minimum atomic E-state index is -3.39. The highest BCUT2D eigenvalue weighted by atomic mass is 35.5. The summed E-state index contributed by atoms with van der Waals surface area (Å²) in [7, 11) is -3.39. The lowest BCUT2D eigenvalue weighted by molar-refractivity contribution is 0.481. The third-order valence-corrected chi connectivity index (χ3v) is 5.39. The fraction of sp³-hybridized carbons (Fsp3) is 0.462. The molecule has 1 saturated carbocycles. The highest BCUT2D eigenvalue weighted by Crippen LogP contribution is 2.37. The molecule has 7 heteroatoms. The molecule has 1 aliphatic rings.